The molecule has 0 saturated carbocycles. The van der Waals surface area contributed by atoms with E-state index >= 15 is 0 Å². The number of fused-ring (bicyclic) bond motifs is 1. The molecule has 4 unspecified atom stereocenters. The van der Waals surface area contributed by atoms with Crippen molar-refractivity contribution in [2.24, 2.45) is 5.73 Å². The van der Waals surface area contributed by atoms with Gasteiger partial charge in [0, 0.05) is 23.8 Å². The Hall–Kier alpha value is -2.62. The fourth-order valence-electron chi connectivity index (χ4n) is 3.70. The third-order valence-electron chi connectivity index (χ3n) is 5.24. The first-order valence-electron chi connectivity index (χ1n) is 9.61. The number of hydrogen-bond acceptors (Lipinski definition) is 6. The zero-order valence-electron chi connectivity index (χ0n) is 15.9. The second-order valence-corrected chi connectivity index (χ2v) is 8.69. The first-order valence-corrected chi connectivity index (χ1v) is 10.7. The van der Waals surface area contributed by atoms with Gasteiger partial charge in [-0.3, -0.25) is 9.59 Å². The van der Waals surface area contributed by atoms with Crippen LogP contribution in [0.4, 0.5) is 4.79 Å². The molecule has 2 saturated heterocycles. The molecule has 29 heavy (non-hydrogen) atoms. The minimum absolute atomic E-state index is 0.107. The molecule has 1 aromatic carbocycles. The third kappa shape index (κ3) is 5.47. The average molecular weight is 423 g/mol. The van der Waals surface area contributed by atoms with E-state index in [1.165, 1.54) is 12.1 Å². The van der Waals surface area contributed by atoms with Crippen LogP contribution in [0.1, 0.15) is 31.2 Å². The van der Waals surface area contributed by atoms with Gasteiger partial charge in [-0.2, -0.15) is 11.8 Å². The van der Waals surface area contributed by atoms with Crippen molar-refractivity contribution in [1.29, 1.82) is 0 Å². The number of unbranched alkanes of at least 4 members (excludes halogenated alkanes) is 1. The number of urea groups is 1. The van der Waals surface area contributed by atoms with E-state index in [-0.39, 0.29) is 48.4 Å². The topological polar surface area (TPSA) is 154 Å². The molecule has 0 radical (unpaired) electrons. The summed E-state index contributed by atoms with van der Waals surface area (Å²) in [6, 6.07) is 3.56. The lowest BCUT2D eigenvalue weighted by Gasteiger charge is -2.17. The fourth-order valence-corrected chi connectivity index (χ4v) is 5.24. The minimum Gasteiger partial charge on any atom is -0.504 e. The van der Waals surface area contributed by atoms with Crippen molar-refractivity contribution in [2.75, 3.05) is 5.75 Å². The zero-order chi connectivity index (χ0) is 21.0. The molecule has 9 nitrogen and oxygen atoms in total. The van der Waals surface area contributed by atoms with Gasteiger partial charge >= 0.3 is 6.03 Å². The number of rotatable bonds is 9. The highest BCUT2D eigenvalue weighted by Crippen LogP contribution is 2.33. The maximum atomic E-state index is 12.2. The summed E-state index contributed by atoms with van der Waals surface area (Å²) < 4.78 is 0. The number of nitrogens with two attached hydrogens (primary N) is 1. The fraction of sp³-hybridized carbons (Fsp3) is 0.526. The van der Waals surface area contributed by atoms with E-state index < -0.39 is 11.9 Å². The molecule has 10 heteroatoms. The van der Waals surface area contributed by atoms with E-state index in [9.17, 15) is 24.6 Å². The number of benzene rings is 1. The molecule has 0 spiro atoms. The highest BCUT2D eigenvalue weighted by molar-refractivity contribution is 8.00. The Morgan fingerprint density at radius 2 is 2.03 bits per heavy atom. The monoisotopic (exact) mass is 422 g/mol. The van der Waals surface area contributed by atoms with Crippen LogP contribution in [0.15, 0.2) is 18.2 Å². The summed E-state index contributed by atoms with van der Waals surface area (Å²) in [6.45, 7) is 0. The maximum Gasteiger partial charge on any atom is 0.315 e. The summed E-state index contributed by atoms with van der Waals surface area (Å²) in [5, 5.41) is 27.8. The van der Waals surface area contributed by atoms with Crippen molar-refractivity contribution < 1.29 is 24.6 Å². The smallest absolute Gasteiger partial charge is 0.315 e. The summed E-state index contributed by atoms with van der Waals surface area (Å²) in [5.74, 6) is -0.569. The molecule has 2 heterocycles. The lowest BCUT2D eigenvalue weighted by atomic mass is 10.0. The van der Waals surface area contributed by atoms with Crippen LogP contribution in [-0.4, -0.2) is 57.2 Å². The summed E-state index contributed by atoms with van der Waals surface area (Å²) >= 11 is 1.84. The lowest BCUT2D eigenvalue weighted by molar-refractivity contribution is -0.127. The Morgan fingerprint density at radius 3 is 2.76 bits per heavy atom. The number of thioether (sulfide) groups is 1. The van der Waals surface area contributed by atoms with E-state index in [2.05, 4.69) is 16.0 Å². The van der Waals surface area contributed by atoms with Gasteiger partial charge in [0.15, 0.2) is 11.5 Å². The Morgan fingerprint density at radius 1 is 1.24 bits per heavy atom. The molecule has 2 aliphatic rings. The highest BCUT2D eigenvalue weighted by Gasteiger charge is 2.42. The number of amides is 4. The second kappa shape index (κ2) is 9.25. The van der Waals surface area contributed by atoms with Crippen LogP contribution in [0.5, 0.6) is 11.5 Å². The average Bonchev–Trinajstić information content (AvgIpc) is 3.20. The molecule has 4 amide bonds. The lowest BCUT2D eigenvalue weighted by Crippen LogP contribution is -2.45. The van der Waals surface area contributed by atoms with Crippen molar-refractivity contribution in [3.8, 4) is 11.5 Å². The first kappa shape index (κ1) is 21.1. The summed E-state index contributed by atoms with van der Waals surface area (Å²) in [7, 11) is 0. The van der Waals surface area contributed by atoms with E-state index in [4.69, 9.17) is 5.73 Å². The number of aromatic hydroxyl groups is 2. The van der Waals surface area contributed by atoms with Crippen molar-refractivity contribution in [1.82, 2.24) is 16.0 Å². The number of carbonyl (C=O) groups is 3. The largest absolute Gasteiger partial charge is 0.504 e. The number of phenolic OH excluding ortho intramolecular Hbond substituents is 2. The van der Waals surface area contributed by atoms with Crippen LogP contribution in [0.2, 0.25) is 0 Å². The van der Waals surface area contributed by atoms with Crippen LogP contribution in [0.3, 0.4) is 0 Å². The number of carbonyl (C=O) groups excluding carboxylic acids is 3. The van der Waals surface area contributed by atoms with Crippen molar-refractivity contribution in [3.63, 3.8) is 0 Å². The van der Waals surface area contributed by atoms with E-state index in [1.807, 2.05) is 11.8 Å². The molecular formula is C19H26N4O5S. The Bertz CT molecular complexity index is 790. The standard InChI is InChI=1S/C19H26N4O5S/c20-18(27)11(7-10-5-6-13(24)14(25)8-10)21-16(26)4-2-1-3-15-17-12(9-29-15)22-19(28)23-17/h5-6,8,11-12,15,17,24-25H,1-4,7,9H2,(H2,20,27)(H,21,26)(H2,22,23,28). The molecular weight excluding hydrogens is 396 g/mol. The van der Waals surface area contributed by atoms with Gasteiger partial charge in [-0.15, -0.1) is 0 Å². The normalized spacial score (nSPS) is 23.7. The summed E-state index contributed by atoms with van der Waals surface area (Å²) in [6.07, 6.45) is 2.83. The van der Waals surface area contributed by atoms with Gasteiger partial charge in [-0.25, -0.2) is 4.79 Å². The van der Waals surface area contributed by atoms with Crippen LogP contribution in [0, 0.1) is 0 Å². The second-order valence-electron chi connectivity index (χ2n) is 7.42. The van der Waals surface area contributed by atoms with Gasteiger partial charge in [0.2, 0.25) is 11.8 Å². The molecule has 1 aromatic rings. The van der Waals surface area contributed by atoms with Gasteiger partial charge in [-0.1, -0.05) is 12.5 Å². The first-order chi connectivity index (χ1) is 13.8. The van der Waals surface area contributed by atoms with E-state index in [1.54, 1.807) is 6.07 Å². The minimum atomic E-state index is -0.891. The number of phenols is 2. The SMILES string of the molecule is NC(=O)C(Cc1ccc(O)c(O)c1)NC(=O)CCCCC1SCC2NC(=O)NC21. The van der Waals surface area contributed by atoms with Gasteiger partial charge in [0.25, 0.3) is 0 Å². The third-order valence-corrected chi connectivity index (χ3v) is 6.75. The Labute approximate surface area is 172 Å². The molecule has 2 fully saturated rings. The van der Waals surface area contributed by atoms with E-state index in [0.717, 1.165) is 18.6 Å². The number of hydrogen-bond donors (Lipinski definition) is 6. The number of primary amides is 1. The van der Waals surface area contributed by atoms with E-state index in [0.29, 0.717) is 17.2 Å². The molecule has 7 N–H and O–H groups in total. The predicted octanol–water partition coefficient (Wildman–Crippen LogP) is 0.336. The van der Waals surface area contributed by atoms with Gasteiger partial charge in [0.05, 0.1) is 12.1 Å². The van der Waals surface area contributed by atoms with Crippen molar-refractivity contribution in [2.45, 2.75) is 55.5 Å². The summed E-state index contributed by atoms with van der Waals surface area (Å²) in [4.78, 5) is 35.3. The van der Waals surface area contributed by atoms with Crippen LogP contribution in [-0.2, 0) is 16.0 Å². The Kier molecular flexibility index (Phi) is 6.73. The number of nitrogens with one attached hydrogen (secondary N) is 3. The van der Waals surface area contributed by atoms with Crippen LogP contribution >= 0.6 is 11.8 Å². The molecule has 0 aliphatic carbocycles. The molecule has 3 rings (SSSR count). The quantitative estimate of drug-likeness (QED) is 0.192. The van der Waals surface area contributed by atoms with Crippen molar-refractivity contribution >= 4 is 29.6 Å². The zero-order valence-corrected chi connectivity index (χ0v) is 16.7. The van der Waals surface area contributed by atoms with Crippen LogP contribution in [0.25, 0.3) is 0 Å². The maximum absolute atomic E-state index is 12.2. The molecule has 4 atom stereocenters. The van der Waals surface area contributed by atoms with Gasteiger partial charge in [-0.05, 0) is 30.5 Å². The predicted molar refractivity (Wildman–Crippen MR) is 109 cm³/mol. The summed E-state index contributed by atoms with van der Waals surface area (Å²) in [5.41, 5.74) is 5.96. The van der Waals surface area contributed by atoms with Gasteiger partial charge < -0.3 is 31.9 Å². The highest BCUT2D eigenvalue weighted by atomic mass is 32.2. The molecule has 0 bridgehead atoms. The van der Waals surface area contributed by atoms with Crippen LogP contribution < -0.4 is 21.7 Å². The molecule has 2 aliphatic heterocycles. The Balaban J connectivity index is 1.40. The van der Waals surface area contributed by atoms with Crippen molar-refractivity contribution in [3.05, 3.63) is 23.8 Å². The molecule has 0 aromatic heterocycles. The molecule has 158 valence electrons. The van der Waals surface area contributed by atoms with Gasteiger partial charge in [0.1, 0.15) is 6.04 Å².